The fourth-order valence-electron chi connectivity index (χ4n) is 1.38. The summed E-state index contributed by atoms with van der Waals surface area (Å²) < 4.78 is 10.7. The Balaban J connectivity index is 2.50. The molecule has 8 heteroatoms. The van der Waals surface area contributed by atoms with Crippen LogP contribution in [-0.4, -0.2) is 44.3 Å². The first kappa shape index (κ1) is 16.8. The lowest BCUT2D eigenvalue weighted by atomic mass is 10.2. The van der Waals surface area contributed by atoms with Crippen molar-refractivity contribution in [2.75, 3.05) is 33.5 Å². The molecule has 0 unspecified atom stereocenters. The SMILES string of the molecule is COCCOCCNC(=O)c1cc([N+](=O)[O-])ccc1I. The maximum absolute atomic E-state index is 11.9. The molecule has 0 radical (unpaired) electrons. The molecular weight excluding hydrogens is 379 g/mol. The van der Waals surface area contributed by atoms with Crippen molar-refractivity contribution < 1.29 is 19.2 Å². The molecule has 7 nitrogen and oxygen atoms in total. The zero-order chi connectivity index (χ0) is 15.0. The molecule has 0 aliphatic carbocycles. The average molecular weight is 394 g/mol. The lowest BCUT2D eigenvalue weighted by Gasteiger charge is -2.07. The molecule has 110 valence electrons. The Bertz CT molecular complexity index is 481. The van der Waals surface area contributed by atoms with E-state index in [2.05, 4.69) is 5.32 Å². The minimum Gasteiger partial charge on any atom is -0.382 e. The Morgan fingerprint density at radius 3 is 2.80 bits per heavy atom. The van der Waals surface area contributed by atoms with Crippen molar-refractivity contribution in [3.8, 4) is 0 Å². The third kappa shape index (κ3) is 5.39. The van der Waals surface area contributed by atoms with E-state index in [4.69, 9.17) is 9.47 Å². The summed E-state index contributed by atoms with van der Waals surface area (Å²) in [5, 5.41) is 13.3. The lowest BCUT2D eigenvalue weighted by molar-refractivity contribution is -0.384. The number of nitro benzene ring substituents is 1. The topological polar surface area (TPSA) is 90.7 Å². The summed E-state index contributed by atoms with van der Waals surface area (Å²) in [5.41, 5.74) is 0.184. The highest BCUT2D eigenvalue weighted by atomic mass is 127. The molecule has 0 spiro atoms. The third-order valence-electron chi connectivity index (χ3n) is 2.37. The summed E-state index contributed by atoms with van der Waals surface area (Å²) in [6.45, 7) is 1.65. The molecule has 0 bridgehead atoms. The Hall–Kier alpha value is -1.26. The molecule has 0 aliphatic heterocycles. The molecule has 0 fully saturated rings. The number of ether oxygens (including phenoxy) is 2. The molecule has 1 N–H and O–H groups in total. The summed E-state index contributed by atoms with van der Waals surface area (Å²) in [7, 11) is 1.58. The minimum absolute atomic E-state index is 0.105. The van der Waals surface area contributed by atoms with E-state index in [0.29, 0.717) is 29.9 Å². The van der Waals surface area contributed by atoms with Gasteiger partial charge in [-0.15, -0.1) is 0 Å². The van der Waals surface area contributed by atoms with E-state index in [1.165, 1.54) is 12.1 Å². The minimum atomic E-state index is -0.527. The second-order valence-corrected chi connectivity index (χ2v) is 4.94. The van der Waals surface area contributed by atoms with Crippen molar-refractivity contribution in [1.82, 2.24) is 5.32 Å². The van der Waals surface area contributed by atoms with Crippen LogP contribution < -0.4 is 5.32 Å². The normalized spacial score (nSPS) is 10.3. The predicted molar refractivity (Wildman–Crippen MR) is 80.8 cm³/mol. The van der Waals surface area contributed by atoms with Gasteiger partial charge in [0, 0.05) is 29.4 Å². The van der Waals surface area contributed by atoms with E-state index in [1.807, 2.05) is 22.6 Å². The number of carbonyl (C=O) groups is 1. The number of amides is 1. The highest BCUT2D eigenvalue weighted by molar-refractivity contribution is 14.1. The Morgan fingerprint density at radius 1 is 1.40 bits per heavy atom. The van der Waals surface area contributed by atoms with Crippen LogP contribution in [0.4, 0.5) is 5.69 Å². The van der Waals surface area contributed by atoms with Crippen LogP contribution in [-0.2, 0) is 9.47 Å². The number of halogens is 1. The molecule has 0 saturated carbocycles. The fraction of sp³-hybridized carbons (Fsp3) is 0.417. The van der Waals surface area contributed by atoms with Crippen LogP contribution in [0.25, 0.3) is 0 Å². The number of nitro groups is 1. The van der Waals surface area contributed by atoms with Crippen molar-refractivity contribution in [2.45, 2.75) is 0 Å². The van der Waals surface area contributed by atoms with Gasteiger partial charge in [0.1, 0.15) is 0 Å². The van der Waals surface area contributed by atoms with Crippen LogP contribution >= 0.6 is 22.6 Å². The second-order valence-electron chi connectivity index (χ2n) is 3.78. The van der Waals surface area contributed by atoms with Crippen LogP contribution in [0.1, 0.15) is 10.4 Å². The van der Waals surface area contributed by atoms with Gasteiger partial charge < -0.3 is 14.8 Å². The molecule has 0 aliphatic rings. The van der Waals surface area contributed by atoms with Gasteiger partial charge in [0.05, 0.1) is 30.3 Å². The van der Waals surface area contributed by atoms with Crippen molar-refractivity contribution >= 4 is 34.2 Å². The number of hydrogen-bond donors (Lipinski definition) is 1. The summed E-state index contributed by atoms with van der Waals surface area (Å²) in [6.07, 6.45) is 0. The van der Waals surface area contributed by atoms with Gasteiger partial charge in [0.15, 0.2) is 0 Å². The molecule has 20 heavy (non-hydrogen) atoms. The number of hydrogen-bond acceptors (Lipinski definition) is 5. The number of rotatable bonds is 8. The van der Waals surface area contributed by atoms with Gasteiger partial charge >= 0.3 is 0 Å². The molecule has 0 atom stereocenters. The zero-order valence-corrected chi connectivity index (χ0v) is 13.1. The van der Waals surface area contributed by atoms with E-state index in [9.17, 15) is 14.9 Å². The molecule has 1 aromatic rings. The van der Waals surface area contributed by atoms with Crippen molar-refractivity contribution in [3.63, 3.8) is 0 Å². The molecule has 1 rings (SSSR count). The third-order valence-corrected chi connectivity index (χ3v) is 3.31. The number of nitrogens with zero attached hydrogens (tertiary/aromatic N) is 1. The summed E-state index contributed by atoms with van der Waals surface area (Å²) in [4.78, 5) is 22.1. The van der Waals surface area contributed by atoms with Gasteiger partial charge in [-0.2, -0.15) is 0 Å². The standard InChI is InChI=1S/C12H15IN2O5/c1-19-6-7-20-5-4-14-12(16)10-8-9(15(17)18)2-3-11(10)13/h2-3,8H,4-7H2,1H3,(H,14,16). The van der Waals surface area contributed by atoms with Gasteiger partial charge in [-0.1, -0.05) is 0 Å². The summed E-state index contributed by atoms with van der Waals surface area (Å²) in [5.74, 6) is -0.353. The van der Waals surface area contributed by atoms with Crippen LogP contribution in [0.2, 0.25) is 0 Å². The number of carbonyl (C=O) groups excluding carboxylic acids is 1. The highest BCUT2D eigenvalue weighted by Gasteiger charge is 2.14. The van der Waals surface area contributed by atoms with Gasteiger partial charge in [0.25, 0.3) is 11.6 Å². The molecule has 0 saturated heterocycles. The van der Waals surface area contributed by atoms with Crippen LogP contribution in [0.5, 0.6) is 0 Å². The Kier molecular flexibility index (Phi) is 7.41. The largest absolute Gasteiger partial charge is 0.382 e. The van der Waals surface area contributed by atoms with Crippen molar-refractivity contribution in [2.24, 2.45) is 0 Å². The van der Waals surface area contributed by atoms with Gasteiger partial charge in [-0.3, -0.25) is 14.9 Å². The Morgan fingerprint density at radius 2 is 2.15 bits per heavy atom. The summed E-state index contributed by atoms with van der Waals surface area (Å²) >= 11 is 1.96. The van der Waals surface area contributed by atoms with Gasteiger partial charge in [-0.05, 0) is 28.7 Å². The quantitative estimate of drug-likeness (QED) is 0.313. The molecular formula is C12H15IN2O5. The predicted octanol–water partition coefficient (Wildman–Crippen LogP) is 1.59. The number of non-ortho nitro benzene ring substituents is 1. The van der Waals surface area contributed by atoms with E-state index >= 15 is 0 Å². The maximum atomic E-state index is 11.9. The van der Waals surface area contributed by atoms with E-state index in [1.54, 1.807) is 13.2 Å². The molecule has 0 heterocycles. The average Bonchev–Trinajstić information content (AvgIpc) is 2.42. The van der Waals surface area contributed by atoms with E-state index < -0.39 is 4.92 Å². The second kappa shape index (κ2) is 8.82. The van der Waals surface area contributed by atoms with Crippen molar-refractivity contribution in [1.29, 1.82) is 0 Å². The van der Waals surface area contributed by atoms with Crippen LogP contribution in [0.3, 0.4) is 0 Å². The first-order chi connectivity index (χ1) is 9.56. The number of nitrogens with one attached hydrogen (secondary N) is 1. The monoisotopic (exact) mass is 394 g/mol. The van der Waals surface area contributed by atoms with Gasteiger partial charge in [0.2, 0.25) is 0 Å². The number of methoxy groups -OCH3 is 1. The Labute approximate surface area is 129 Å². The van der Waals surface area contributed by atoms with Crippen LogP contribution in [0, 0.1) is 13.7 Å². The first-order valence-corrected chi connectivity index (χ1v) is 6.93. The highest BCUT2D eigenvalue weighted by Crippen LogP contribution is 2.19. The van der Waals surface area contributed by atoms with E-state index in [-0.39, 0.29) is 17.2 Å². The number of benzene rings is 1. The molecule has 0 aromatic heterocycles. The van der Waals surface area contributed by atoms with Crippen LogP contribution in [0.15, 0.2) is 18.2 Å². The van der Waals surface area contributed by atoms with E-state index in [0.717, 1.165) is 0 Å². The van der Waals surface area contributed by atoms with Gasteiger partial charge in [-0.25, -0.2) is 0 Å². The first-order valence-electron chi connectivity index (χ1n) is 5.85. The maximum Gasteiger partial charge on any atom is 0.270 e. The smallest absolute Gasteiger partial charge is 0.270 e. The molecule has 1 amide bonds. The fourth-order valence-corrected chi connectivity index (χ4v) is 1.96. The van der Waals surface area contributed by atoms with Crippen molar-refractivity contribution in [3.05, 3.63) is 37.4 Å². The summed E-state index contributed by atoms with van der Waals surface area (Å²) in [6, 6.07) is 4.18. The lowest BCUT2D eigenvalue weighted by Crippen LogP contribution is -2.28. The zero-order valence-electron chi connectivity index (χ0n) is 10.9. The molecule has 1 aromatic carbocycles.